The molecule has 0 aliphatic heterocycles. The summed E-state index contributed by atoms with van der Waals surface area (Å²) in [7, 11) is 0. The second kappa shape index (κ2) is 53.5. The van der Waals surface area contributed by atoms with Gasteiger partial charge in [0.1, 0.15) is 13.2 Å². The molecule has 0 aromatic rings. The van der Waals surface area contributed by atoms with Crippen molar-refractivity contribution in [2.75, 3.05) is 13.2 Å². The number of rotatable bonds is 49. The molecule has 1 atom stereocenters. The first kappa shape index (κ1) is 61.9. The summed E-state index contributed by atoms with van der Waals surface area (Å²) in [5.41, 5.74) is 0. The van der Waals surface area contributed by atoms with E-state index in [1.54, 1.807) is 0 Å². The summed E-state index contributed by atoms with van der Waals surface area (Å²) in [5.74, 6) is -0.982. The number of ether oxygens (including phenoxy) is 3. The van der Waals surface area contributed by atoms with E-state index in [4.69, 9.17) is 14.2 Å². The average Bonchev–Trinajstić information content (AvgIpc) is 3.30. The fourth-order valence-corrected chi connectivity index (χ4v) is 7.61. The fraction of sp³-hybridized carbons (Fsp3) is 0.746. The van der Waals surface area contributed by atoms with Crippen molar-refractivity contribution in [2.24, 2.45) is 0 Å². The van der Waals surface area contributed by atoms with Gasteiger partial charge in [-0.15, -0.1) is 0 Å². The zero-order valence-corrected chi connectivity index (χ0v) is 42.7. The first-order valence-corrected chi connectivity index (χ1v) is 27.5. The van der Waals surface area contributed by atoms with E-state index in [1.165, 1.54) is 148 Å². The molecule has 0 N–H and O–H groups in total. The Balaban J connectivity index is 4.42. The predicted molar refractivity (Wildman–Crippen MR) is 279 cm³/mol. The third-order valence-electron chi connectivity index (χ3n) is 11.7. The molecule has 0 saturated carbocycles. The molecule has 0 rings (SSSR count). The number of allylic oxidation sites excluding steroid dienone is 12. The number of esters is 3. The Labute approximate surface area is 402 Å². The molecule has 0 bridgehead atoms. The standard InChI is InChI=1S/C59H102O6/c1-4-7-10-13-16-19-22-25-27-28-29-30-32-34-37-40-43-46-49-52-58(61)64-55-56(54-63-57(60)51-48-45-42-39-36-33-24-21-18-15-12-9-6-3)65-59(62)53-50-47-44-41-38-35-31-26-23-20-17-14-11-8-5-2/h8,11,14,17,20,23,28-29,33,36,42,45,56H,4-7,9-10,12-13,15-16,18-19,21-22,24-27,30-32,34-35,37-41,43-44,46-55H2,1-3H3/b11-8-,17-14-,23-20-,29-28-,36-33-,45-42-. The molecule has 0 heterocycles. The van der Waals surface area contributed by atoms with Gasteiger partial charge in [-0.25, -0.2) is 0 Å². The van der Waals surface area contributed by atoms with Gasteiger partial charge in [0.2, 0.25) is 0 Å². The lowest BCUT2D eigenvalue weighted by atomic mass is 10.1. The van der Waals surface area contributed by atoms with E-state index in [-0.39, 0.29) is 37.5 Å². The smallest absolute Gasteiger partial charge is 0.306 e. The molecule has 0 spiro atoms. The SMILES string of the molecule is CC\C=C/C=C\C=C/CCCCCCCCCC(=O)OC(COC(=O)CC/C=C\C/C=C\CCCCCCCC)COC(=O)CCCCCCCCC/C=C\CCCCCCCCCC. The Morgan fingerprint density at radius 1 is 0.338 bits per heavy atom. The highest BCUT2D eigenvalue weighted by molar-refractivity contribution is 5.71. The van der Waals surface area contributed by atoms with Gasteiger partial charge in [0.05, 0.1) is 0 Å². The van der Waals surface area contributed by atoms with Crippen LogP contribution in [0.15, 0.2) is 72.9 Å². The van der Waals surface area contributed by atoms with E-state index in [2.05, 4.69) is 87.6 Å². The van der Waals surface area contributed by atoms with Crippen molar-refractivity contribution in [3.05, 3.63) is 72.9 Å². The highest BCUT2D eigenvalue weighted by Gasteiger charge is 2.19. The van der Waals surface area contributed by atoms with Crippen molar-refractivity contribution in [3.63, 3.8) is 0 Å². The summed E-state index contributed by atoms with van der Waals surface area (Å²) in [6.45, 7) is 6.45. The summed E-state index contributed by atoms with van der Waals surface area (Å²) >= 11 is 0. The number of carbonyl (C=O) groups excluding carboxylic acids is 3. The summed E-state index contributed by atoms with van der Waals surface area (Å²) in [4.78, 5) is 38.0. The van der Waals surface area contributed by atoms with Crippen LogP contribution >= 0.6 is 0 Å². The minimum Gasteiger partial charge on any atom is -0.462 e. The molecule has 0 amide bonds. The number of carbonyl (C=O) groups is 3. The maximum atomic E-state index is 12.8. The summed E-state index contributed by atoms with van der Waals surface area (Å²) in [6.07, 6.45) is 67.6. The predicted octanol–water partition coefficient (Wildman–Crippen LogP) is 18.2. The van der Waals surface area contributed by atoms with Crippen LogP contribution in [0.2, 0.25) is 0 Å². The molecule has 0 aromatic heterocycles. The largest absolute Gasteiger partial charge is 0.462 e. The van der Waals surface area contributed by atoms with E-state index in [9.17, 15) is 14.4 Å². The summed E-state index contributed by atoms with van der Waals surface area (Å²) in [6, 6.07) is 0. The Morgan fingerprint density at radius 3 is 1.15 bits per heavy atom. The fourth-order valence-electron chi connectivity index (χ4n) is 7.61. The average molecular weight is 907 g/mol. The Morgan fingerprint density at radius 2 is 0.692 bits per heavy atom. The lowest BCUT2D eigenvalue weighted by Gasteiger charge is -2.18. The van der Waals surface area contributed by atoms with Gasteiger partial charge in [0.15, 0.2) is 6.10 Å². The minimum atomic E-state index is -0.806. The van der Waals surface area contributed by atoms with Gasteiger partial charge >= 0.3 is 17.9 Å². The zero-order chi connectivity index (χ0) is 47.2. The Hall–Kier alpha value is -3.15. The summed E-state index contributed by atoms with van der Waals surface area (Å²) < 4.78 is 16.8. The molecule has 6 heteroatoms. The maximum Gasteiger partial charge on any atom is 0.306 e. The van der Waals surface area contributed by atoms with Crippen LogP contribution in [0.4, 0.5) is 0 Å². The number of hydrogen-bond donors (Lipinski definition) is 0. The molecule has 1 unspecified atom stereocenters. The van der Waals surface area contributed by atoms with Gasteiger partial charge in [0.25, 0.3) is 0 Å². The molecule has 0 aliphatic carbocycles. The molecular weight excluding hydrogens is 805 g/mol. The van der Waals surface area contributed by atoms with Gasteiger partial charge in [-0.1, -0.05) is 235 Å². The third kappa shape index (κ3) is 51.7. The molecule has 0 saturated heterocycles. The molecule has 0 radical (unpaired) electrons. The van der Waals surface area contributed by atoms with Crippen LogP contribution in [-0.4, -0.2) is 37.2 Å². The maximum absolute atomic E-state index is 12.8. The monoisotopic (exact) mass is 907 g/mol. The lowest BCUT2D eigenvalue weighted by molar-refractivity contribution is -0.166. The number of unbranched alkanes of at least 4 members (excludes halogenated alkanes) is 28. The van der Waals surface area contributed by atoms with Crippen LogP contribution < -0.4 is 0 Å². The van der Waals surface area contributed by atoms with E-state index in [0.29, 0.717) is 19.3 Å². The molecule has 0 fully saturated rings. The van der Waals surface area contributed by atoms with Crippen molar-refractivity contribution in [2.45, 2.75) is 271 Å². The van der Waals surface area contributed by atoms with Crippen LogP contribution in [0, 0.1) is 0 Å². The first-order valence-electron chi connectivity index (χ1n) is 27.5. The molecule has 374 valence electrons. The van der Waals surface area contributed by atoms with Gasteiger partial charge in [-0.3, -0.25) is 14.4 Å². The van der Waals surface area contributed by atoms with Gasteiger partial charge in [-0.2, -0.15) is 0 Å². The van der Waals surface area contributed by atoms with Gasteiger partial charge < -0.3 is 14.2 Å². The van der Waals surface area contributed by atoms with Crippen LogP contribution in [0.1, 0.15) is 265 Å². The Kier molecular flexibility index (Phi) is 50.9. The van der Waals surface area contributed by atoms with Crippen molar-refractivity contribution >= 4 is 17.9 Å². The second-order valence-electron chi connectivity index (χ2n) is 18.2. The highest BCUT2D eigenvalue weighted by Crippen LogP contribution is 2.15. The van der Waals surface area contributed by atoms with E-state index in [1.807, 2.05) is 6.08 Å². The van der Waals surface area contributed by atoms with Crippen LogP contribution in [0.5, 0.6) is 0 Å². The molecular formula is C59H102O6. The third-order valence-corrected chi connectivity index (χ3v) is 11.7. The van der Waals surface area contributed by atoms with Crippen LogP contribution in [0.3, 0.4) is 0 Å². The van der Waals surface area contributed by atoms with Gasteiger partial charge in [0, 0.05) is 19.3 Å². The topological polar surface area (TPSA) is 78.9 Å². The first-order chi connectivity index (χ1) is 32.0. The van der Waals surface area contributed by atoms with Crippen LogP contribution in [0.25, 0.3) is 0 Å². The molecule has 65 heavy (non-hydrogen) atoms. The Bertz CT molecular complexity index is 1230. The van der Waals surface area contributed by atoms with Gasteiger partial charge in [-0.05, 0) is 83.5 Å². The highest BCUT2D eigenvalue weighted by atomic mass is 16.6. The van der Waals surface area contributed by atoms with E-state index >= 15 is 0 Å². The minimum absolute atomic E-state index is 0.0994. The van der Waals surface area contributed by atoms with E-state index < -0.39 is 6.10 Å². The second-order valence-corrected chi connectivity index (χ2v) is 18.2. The molecule has 0 aliphatic rings. The van der Waals surface area contributed by atoms with Crippen molar-refractivity contribution in [1.29, 1.82) is 0 Å². The lowest BCUT2D eigenvalue weighted by Crippen LogP contribution is -2.30. The van der Waals surface area contributed by atoms with Crippen molar-refractivity contribution in [1.82, 2.24) is 0 Å². The van der Waals surface area contributed by atoms with Crippen molar-refractivity contribution in [3.8, 4) is 0 Å². The van der Waals surface area contributed by atoms with E-state index in [0.717, 1.165) is 70.6 Å². The molecule has 0 aromatic carbocycles. The quantitative estimate of drug-likeness (QED) is 0.0199. The summed E-state index contributed by atoms with van der Waals surface area (Å²) in [5, 5.41) is 0. The molecule has 6 nitrogen and oxygen atoms in total. The normalized spacial score (nSPS) is 12.6. The van der Waals surface area contributed by atoms with Crippen molar-refractivity contribution < 1.29 is 28.6 Å². The number of hydrogen-bond acceptors (Lipinski definition) is 6. The van der Waals surface area contributed by atoms with Crippen LogP contribution in [-0.2, 0) is 28.6 Å². The zero-order valence-electron chi connectivity index (χ0n) is 42.7.